The summed E-state index contributed by atoms with van der Waals surface area (Å²) in [6, 6.07) is 6.33. The summed E-state index contributed by atoms with van der Waals surface area (Å²) in [7, 11) is 1.28. The molecule has 1 unspecified atom stereocenters. The molecule has 2 aromatic rings. The predicted molar refractivity (Wildman–Crippen MR) is 109 cm³/mol. The van der Waals surface area contributed by atoms with Crippen molar-refractivity contribution in [2.24, 2.45) is 11.8 Å². The Hall–Kier alpha value is -2.67. The number of hydrogen-bond donors (Lipinski definition) is 1. The molecule has 1 aliphatic carbocycles. The Morgan fingerprint density at radius 2 is 2.07 bits per heavy atom. The molecule has 0 aliphatic heterocycles. The fourth-order valence-electron chi connectivity index (χ4n) is 2.74. The van der Waals surface area contributed by atoms with Crippen molar-refractivity contribution in [3.8, 4) is 17.1 Å². The van der Waals surface area contributed by atoms with Gasteiger partial charge in [-0.1, -0.05) is 37.6 Å². The summed E-state index contributed by atoms with van der Waals surface area (Å²) in [5.74, 6) is -0.282. The molecule has 29 heavy (non-hydrogen) atoms. The molecule has 0 bridgehead atoms. The smallest absolute Gasteiger partial charge is 0.328 e. The maximum absolute atomic E-state index is 12.7. The van der Waals surface area contributed by atoms with Gasteiger partial charge in [-0.3, -0.25) is 4.79 Å². The number of halogens is 1. The minimum absolute atomic E-state index is 0.0771. The summed E-state index contributed by atoms with van der Waals surface area (Å²) in [6.07, 6.45) is 3.63. The van der Waals surface area contributed by atoms with E-state index in [1.807, 2.05) is 19.9 Å². The molecule has 1 aromatic heterocycles. The molecule has 3 rings (SSSR count). The van der Waals surface area contributed by atoms with Crippen LogP contribution in [0.4, 0.5) is 0 Å². The third-order valence-corrected chi connectivity index (χ3v) is 4.87. The fraction of sp³-hybridized carbons (Fsp3) is 0.429. The van der Waals surface area contributed by atoms with Crippen molar-refractivity contribution in [3.63, 3.8) is 0 Å². The van der Waals surface area contributed by atoms with Gasteiger partial charge in [0.1, 0.15) is 17.4 Å². The van der Waals surface area contributed by atoms with E-state index < -0.39 is 17.9 Å². The number of carbonyl (C=O) groups is 2. The number of benzene rings is 1. The number of nitrogens with zero attached hydrogens (tertiary/aromatic N) is 2. The van der Waals surface area contributed by atoms with E-state index in [2.05, 4.69) is 15.3 Å². The highest BCUT2D eigenvalue weighted by atomic mass is 35.5. The molecule has 0 radical (unpaired) electrons. The first kappa shape index (κ1) is 21.0. The Bertz CT molecular complexity index is 899. The third kappa shape index (κ3) is 5.44. The number of ether oxygens (including phenoxy) is 2. The molecule has 1 atom stereocenters. The van der Waals surface area contributed by atoms with Gasteiger partial charge in [0.2, 0.25) is 5.88 Å². The van der Waals surface area contributed by atoms with Crippen molar-refractivity contribution >= 4 is 23.5 Å². The van der Waals surface area contributed by atoms with Crippen LogP contribution in [0.15, 0.2) is 30.5 Å². The number of esters is 1. The second-order valence-corrected chi connectivity index (χ2v) is 7.83. The second-order valence-electron chi connectivity index (χ2n) is 7.39. The Kier molecular flexibility index (Phi) is 6.69. The first-order valence-corrected chi connectivity index (χ1v) is 9.91. The molecule has 1 heterocycles. The molecule has 1 amide bonds. The van der Waals surface area contributed by atoms with Gasteiger partial charge in [-0.05, 0) is 36.8 Å². The van der Waals surface area contributed by atoms with Crippen LogP contribution in [0, 0.1) is 11.8 Å². The van der Waals surface area contributed by atoms with Crippen molar-refractivity contribution in [3.05, 3.63) is 41.2 Å². The minimum Gasteiger partial charge on any atom is -0.476 e. The number of aromatic nitrogens is 2. The Balaban J connectivity index is 1.89. The molecule has 1 fully saturated rings. The molecule has 0 saturated heterocycles. The molecule has 154 valence electrons. The van der Waals surface area contributed by atoms with Gasteiger partial charge >= 0.3 is 5.97 Å². The summed E-state index contributed by atoms with van der Waals surface area (Å²) >= 11 is 6.12. The number of hydrogen-bond acceptors (Lipinski definition) is 6. The zero-order chi connectivity index (χ0) is 21.0. The highest BCUT2D eigenvalue weighted by Crippen LogP contribution is 2.32. The predicted octanol–water partition coefficient (Wildman–Crippen LogP) is 3.51. The minimum atomic E-state index is -0.783. The van der Waals surface area contributed by atoms with Crippen LogP contribution in [0.2, 0.25) is 5.02 Å². The van der Waals surface area contributed by atoms with Gasteiger partial charge in [-0.2, -0.15) is 0 Å². The van der Waals surface area contributed by atoms with Crippen LogP contribution >= 0.6 is 11.6 Å². The lowest BCUT2D eigenvalue weighted by molar-refractivity contribution is -0.144. The SMILES string of the molecule is COC(=O)C(NC(=O)c1cnc(OCC2CC2)c(-c2cccc(Cl)c2)n1)C(C)C. The maximum atomic E-state index is 12.7. The van der Waals surface area contributed by atoms with Gasteiger partial charge in [0, 0.05) is 10.6 Å². The zero-order valence-corrected chi connectivity index (χ0v) is 17.4. The molecule has 1 aliphatic rings. The summed E-state index contributed by atoms with van der Waals surface area (Å²) < 4.78 is 10.6. The maximum Gasteiger partial charge on any atom is 0.328 e. The monoisotopic (exact) mass is 417 g/mol. The van der Waals surface area contributed by atoms with Crippen molar-refractivity contribution in [2.75, 3.05) is 13.7 Å². The number of nitrogens with one attached hydrogen (secondary N) is 1. The van der Waals surface area contributed by atoms with Crippen LogP contribution in [-0.4, -0.2) is 41.6 Å². The van der Waals surface area contributed by atoms with E-state index in [0.29, 0.717) is 34.7 Å². The average molecular weight is 418 g/mol. The molecule has 1 N–H and O–H groups in total. The zero-order valence-electron chi connectivity index (χ0n) is 16.6. The largest absolute Gasteiger partial charge is 0.476 e. The van der Waals surface area contributed by atoms with Crippen molar-refractivity contribution in [1.29, 1.82) is 0 Å². The van der Waals surface area contributed by atoms with Gasteiger partial charge in [0.15, 0.2) is 0 Å². The Morgan fingerprint density at radius 1 is 1.31 bits per heavy atom. The molecule has 0 spiro atoms. The molecular formula is C21H24ClN3O4. The van der Waals surface area contributed by atoms with E-state index in [1.165, 1.54) is 13.3 Å². The number of methoxy groups -OCH3 is 1. The standard InChI is InChI=1S/C21H24ClN3O4/c1-12(2)17(21(27)28-3)25-19(26)16-10-23-20(29-11-13-7-8-13)18(24-16)14-5-4-6-15(22)9-14/h4-6,9-10,12-13,17H,7-8,11H2,1-3H3,(H,25,26). The van der Waals surface area contributed by atoms with Crippen LogP contribution in [0.1, 0.15) is 37.2 Å². The number of carbonyl (C=O) groups excluding carboxylic acids is 2. The van der Waals surface area contributed by atoms with Crippen molar-refractivity contribution in [1.82, 2.24) is 15.3 Å². The number of rotatable bonds is 8. The van der Waals surface area contributed by atoms with Crippen LogP contribution in [0.5, 0.6) is 5.88 Å². The van der Waals surface area contributed by atoms with E-state index in [4.69, 9.17) is 21.1 Å². The molecule has 1 aromatic carbocycles. The van der Waals surface area contributed by atoms with E-state index >= 15 is 0 Å². The summed E-state index contributed by atoms with van der Waals surface area (Å²) in [5, 5.41) is 3.21. The average Bonchev–Trinajstić information content (AvgIpc) is 3.54. The summed E-state index contributed by atoms with van der Waals surface area (Å²) in [5.41, 5.74) is 1.20. The van der Waals surface area contributed by atoms with Gasteiger partial charge in [-0.25, -0.2) is 14.8 Å². The quantitative estimate of drug-likeness (QED) is 0.661. The first-order valence-electron chi connectivity index (χ1n) is 9.53. The van der Waals surface area contributed by atoms with Gasteiger partial charge in [0.05, 0.1) is 19.9 Å². The fourth-order valence-corrected chi connectivity index (χ4v) is 2.93. The molecule has 7 nitrogen and oxygen atoms in total. The van der Waals surface area contributed by atoms with Crippen LogP contribution < -0.4 is 10.1 Å². The normalized spacial score (nSPS) is 14.4. The lowest BCUT2D eigenvalue weighted by atomic mass is 10.0. The Labute approximate surface area is 174 Å². The topological polar surface area (TPSA) is 90.4 Å². The number of amides is 1. The first-order chi connectivity index (χ1) is 13.9. The van der Waals surface area contributed by atoms with Crippen LogP contribution in [0.3, 0.4) is 0 Å². The summed E-state index contributed by atoms with van der Waals surface area (Å²) in [6.45, 7) is 4.20. The van der Waals surface area contributed by atoms with Gasteiger partial charge in [-0.15, -0.1) is 0 Å². The van der Waals surface area contributed by atoms with E-state index in [1.54, 1.807) is 18.2 Å². The van der Waals surface area contributed by atoms with E-state index in [0.717, 1.165) is 12.8 Å². The highest BCUT2D eigenvalue weighted by Gasteiger charge is 2.27. The van der Waals surface area contributed by atoms with E-state index in [-0.39, 0.29) is 11.6 Å². The molecule has 1 saturated carbocycles. The van der Waals surface area contributed by atoms with Crippen LogP contribution in [0.25, 0.3) is 11.3 Å². The lowest BCUT2D eigenvalue weighted by Gasteiger charge is -2.19. The third-order valence-electron chi connectivity index (χ3n) is 4.63. The van der Waals surface area contributed by atoms with Crippen molar-refractivity contribution in [2.45, 2.75) is 32.7 Å². The van der Waals surface area contributed by atoms with Crippen molar-refractivity contribution < 1.29 is 19.1 Å². The highest BCUT2D eigenvalue weighted by molar-refractivity contribution is 6.30. The van der Waals surface area contributed by atoms with Crippen LogP contribution in [-0.2, 0) is 9.53 Å². The Morgan fingerprint density at radius 3 is 2.69 bits per heavy atom. The van der Waals surface area contributed by atoms with E-state index in [9.17, 15) is 9.59 Å². The molecule has 8 heteroatoms. The second kappa shape index (κ2) is 9.22. The van der Waals surface area contributed by atoms with Gasteiger partial charge < -0.3 is 14.8 Å². The van der Waals surface area contributed by atoms with Gasteiger partial charge in [0.25, 0.3) is 5.91 Å². The summed E-state index contributed by atoms with van der Waals surface area (Å²) in [4.78, 5) is 33.5. The lowest BCUT2D eigenvalue weighted by Crippen LogP contribution is -2.45. The molecular weight excluding hydrogens is 394 g/mol.